The fourth-order valence-corrected chi connectivity index (χ4v) is 2.83. The summed E-state index contributed by atoms with van der Waals surface area (Å²) in [6.45, 7) is 3.73. The SMILES string of the molecule is N#CSc1cc(C(F)(F)F)cn(CCCN2CCOCC2)c1=O. The van der Waals surface area contributed by atoms with Crippen LogP contribution in [0, 0.1) is 10.7 Å². The lowest BCUT2D eigenvalue weighted by Gasteiger charge is -2.26. The molecule has 1 aromatic heterocycles. The Morgan fingerprint density at radius 2 is 2.00 bits per heavy atom. The van der Waals surface area contributed by atoms with E-state index in [4.69, 9.17) is 10.00 Å². The first-order chi connectivity index (χ1) is 10.9. The second kappa shape index (κ2) is 7.86. The molecule has 0 aromatic carbocycles. The lowest BCUT2D eigenvalue weighted by molar-refractivity contribution is -0.138. The van der Waals surface area contributed by atoms with E-state index in [-0.39, 0.29) is 11.4 Å². The van der Waals surface area contributed by atoms with Crippen LogP contribution in [0.15, 0.2) is 22.0 Å². The van der Waals surface area contributed by atoms with Crippen molar-refractivity contribution >= 4 is 11.8 Å². The van der Waals surface area contributed by atoms with Crippen LogP contribution in [0.5, 0.6) is 0 Å². The number of thiocyanates is 1. The molecule has 23 heavy (non-hydrogen) atoms. The van der Waals surface area contributed by atoms with Crippen molar-refractivity contribution in [2.75, 3.05) is 32.8 Å². The molecule has 0 amide bonds. The third kappa shape index (κ3) is 4.99. The van der Waals surface area contributed by atoms with Gasteiger partial charge in [-0.3, -0.25) is 9.69 Å². The molecule has 0 unspecified atom stereocenters. The van der Waals surface area contributed by atoms with Gasteiger partial charge in [0, 0.05) is 32.4 Å². The first-order valence-electron chi connectivity index (χ1n) is 7.09. The Kier molecular flexibility index (Phi) is 6.10. The highest BCUT2D eigenvalue weighted by atomic mass is 32.2. The topological polar surface area (TPSA) is 58.3 Å². The van der Waals surface area contributed by atoms with Crippen LogP contribution >= 0.6 is 11.8 Å². The van der Waals surface area contributed by atoms with Crippen LogP contribution in [0.3, 0.4) is 0 Å². The van der Waals surface area contributed by atoms with E-state index < -0.39 is 17.3 Å². The maximum atomic E-state index is 12.9. The van der Waals surface area contributed by atoms with Gasteiger partial charge in [0.15, 0.2) is 0 Å². The molecule has 1 aliphatic rings. The van der Waals surface area contributed by atoms with E-state index in [2.05, 4.69) is 4.90 Å². The van der Waals surface area contributed by atoms with Crippen molar-refractivity contribution in [3.05, 3.63) is 28.2 Å². The largest absolute Gasteiger partial charge is 0.417 e. The Labute approximate surface area is 135 Å². The number of halogens is 3. The zero-order chi connectivity index (χ0) is 16.9. The maximum Gasteiger partial charge on any atom is 0.417 e. The summed E-state index contributed by atoms with van der Waals surface area (Å²) in [7, 11) is 0. The zero-order valence-corrected chi connectivity index (χ0v) is 13.1. The second-order valence-corrected chi connectivity index (χ2v) is 5.92. The van der Waals surface area contributed by atoms with E-state index in [1.165, 1.54) is 0 Å². The van der Waals surface area contributed by atoms with Crippen LogP contribution in [0.25, 0.3) is 0 Å². The highest BCUT2D eigenvalue weighted by Crippen LogP contribution is 2.30. The van der Waals surface area contributed by atoms with Crippen molar-refractivity contribution in [3.63, 3.8) is 0 Å². The number of hydrogen-bond acceptors (Lipinski definition) is 5. The minimum Gasteiger partial charge on any atom is -0.379 e. The van der Waals surface area contributed by atoms with E-state index in [1.807, 2.05) is 0 Å². The molecule has 0 atom stereocenters. The monoisotopic (exact) mass is 347 g/mol. The maximum absolute atomic E-state index is 12.9. The number of ether oxygens (including phenoxy) is 1. The van der Waals surface area contributed by atoms with Crippen molar-refractivity contribution < 1.29 is 17.9 Å². The number of aryl methyl sites for hydroxylation is 1. The van der Waals surface area contributed by atoms with E-state index in [0.717, 1.165) is 29.9 Å². The minimum atomic E-state index is -4.55. The van der Waals surface area contributed by atoms with Gasteiger partial charge in [-0.25, -0.2) is 0 Å². The van der Waals surface area contributed by atoms with Crippen LogP contribution < -0.4 is 5.56 Å². The van der Waals surface area contributed by atoms with Crippen molar-refractivity contribution in [2.45, 2.75) is 24.0 Å². The highest BCUT2D eigenvalue weighted by molar-refractivity contribution is 8.03. The predicted molar refractivity (Wildman–Crippen MR) is 79.1 cm³/mol. The number of nitriles is 1. The molecule has 1 fully saturated rings. The number of morpholine rings is 1. The molecule has 0 aliphatic carbocycles. The Bertz CT molecular complexity index is 634. The number of aromatic nitrogens is 1. The fraction of sp³-hybridized carbons (Fsp3) is 0.571. The summed E-state index contributed by atoms with van der Waals surface area (Å²) in [5.41, 5.74) is -1.48. The van der Waals surface area contributed by atoms with Gasteiger partial charge < -0.3 is 9.30 Å². The summed E-state index contributed by atoms with van der Waals surface area (Å²) >= 11 is 0.453. The van der Waals surface area contributed by atoms with E-state index in [1.54, 1.807) is 5.40 Å². The fourth-order valence-electron chi connectivity index (χ4n) is 2.34. The quantitative estimate of drug-likeness (QED) is 0.603. The van der Waals surface area contributed by atoms with Gasteiger partial charge in [-0.2, -0.15) is 18.4 Å². The van der Waals surface area contributed by atoms with Gasteiger partial charge in [0.05, 0.1) is 23.7 Å². The standard InChI is InChI=1S/C14H16F3N3O2S/c15-14(16,17)11-8-12(23-10-18)13(21)20(9-11)3-1-2-19-4-6-22-7-5-19/h8-9H,1-7H2. The average Bonchev–Trinajstić information content (AvgIpc) is 2.51. The molecule has 0 N–H and O–H groups in total. The molecule has 126 valence electrons. The molecule has 2 heterocycles. The Morgan fingerprint density at radius 3 is 2.61 bits per heavy atom. The van der Waals surface area contributed by atoms with Crippen LogP contribution in [-0.2, 0) is 17.5 Å². The van der Waals surface area contributed by atoms with Crippen LogP contribution in [-0.4, -0.2) is 42.3 Å². The van der Waals surface area contributed by atoms with Gasteiger partial charge in [0.1, 0.15) is 5.40 Å². The van der Waals surface area contributed by atoms with Crippen LogP contribution in [0.2, 0.25) is 0 Å². The Balaban J connectivity index is 2.11. The predicted octanol–water partition coefficient (Wildman–Crippen LogP) is 2.16. The van der Waals surface area contributed by atoms with Crippen molar-refractivity contribution in [2.24, 2.45) is 0 Å². The third-order valence-corrected chi connectivity index (χ3v) is 4.12. The molecule has 0 bridgehead atoms. The average molecular weight is 347 g/mol. The zero-order valence-electron chi connectivity index (χ0n) is 12.3. The third-order valence-electron chi connectivity index (χ3n) is 3.51. The molecule has 1 saturated heterocycles. The van der Waals surface area contributed by atoms with Gasteiger partial charge in [0.2, 0.25) is 0 Å². The lowest BCUT2D eigenvalue weighted by Crippen LogP contribution is -2.37. The summed E-state index contributed by atoms with van der Waals surface area (Å²) in [5.74, 6) is 0. The summed E-state index contributed by atoms with van der Waals surface area (Å²) in [6, 6.07) is 0.731. The molecule has 9 heteroatoms. The molecule has 1 aliphatic heterocycles. The summed E-state index contributed by atoms with van der Waals surface area (Å²) in [4.78, 5) is 14.1. The molecule has 5 nitrogen and oxygen atoms in total. The van der Waals surface area contributed by atoms with E-state index >= 15 is 0 Å². The van der Waals surface area contributed by atoms with Gasteiger partial charge in [-0.1, -0.05) is 0 Å². The number of hydrogen-bond donors (Lipinski definition) is 0. The number of pyridine rings is 1. The van der Waals surface area contributed by atoms with Gasteiger partial charge >= 0.3 is 6.18 Å². The minimum absolute atomic E-state index is 0.180. The summed E-state index contributed by atoms with van der Waals surface area (Å²) < 4.78 is 45.0. The smallest absolute Gasteiger partial charge is 0.379 e. The van der Waals surface area contributed by atoms with Crippen LogP contribution in [0.4, 0.5) is 13.2 Å². The normalized spacial score (nSPS) is 16.3. The molecule has 2 rings (SSSR count). The lowest BCUT2D eigenvalue weighted by atomic mass is 10.2. The van der Waals surface area contributed by atoms with Gasteiger partial charge in [-0.05, 0) is 24.2 Å². The number of rotatable bonds is 5. The van der Waals surface area contributed by atoms with Crippen molar-refractivity contribution in [3.8, 4) is 5.40 Å². The molecule has 0 spiro atoms. The molecule has 0 saturated carbocycles. The van der Waals surface area contributed by atoms with E-state index in [0.29, 0.717) is 37.9 Å². The van der Waals surface area contributed by atoms with Gasteiger partial charge in [0.25, 0.3) is 5.56 Å². The first-order valence-corrected chi connectivity index (χ1v) is 7.91. The molecular formula is C14H16F3N3O2S. The Morgan fingerprint density at radius 1 is 1.30 bits per heavy atom. The van der Waals surface area contributed by atoms with E-state index in [9.17, 15) is 18.0 Å². The second-order valence-electron chi connectivity index (χ2n) is 5.09. The molecular weight excluding hydrogens is 331 g/mol. The first kappa shape index (κ1) is 17.8. The number of nitrogens with zero attached hydrogens (tertiary/aromatic N) is 3. The summed E-state index contributed by atoms with van der Waals surface area (Å²) in [5, 5.41) is 10.3. The van der Waals surface area contributed by atoms with Crippen molar-refractivity contribution in [1.29, 1.82) is 5.26 Å². The van der Waals surface area contributed by atoms with Gasteiger partial charge in [-0.15, -0.1) is 0 Å². The summed E-state index contributed by atoms with van der Waals surface area (Å²) in [6.07, 6.45) is -3.18. The Hall–Kier alpha value is -1.50. The van der Waals surface area contributed by atoms with Crippen LogP contribution in [0.1, 0.15) is 12.0 Å². The number of alkyl halides is 3. The molecule has 1 aromatic rings. The van der Waals surface area contributed by atoms with Crippen molar-refractivity contribution in [1.82, 2.24) is 9.47 Å². The molecule has 0 radical (unpaired) electrons. The highest BCUT2D eigenvalue weighted by Gasteiger charge is 2.32. The number of thioether (sulfide) groups is 1.